The molecule has 1 unspecified atom stereocenters. The molecule has 6 nitrogen and oxygen atoms in total. The van der Waals surface area contributed by atoms with Gasteiger partial charge in [0.15, 0.2) is 6.61 Å². The number of hydrogen-bond acceptors (Lipinski definition) is 5. The summed E-state index contributed by atoms with van der Waals surface area (Å²) < 4.78 is 81.6. The molecule has 3 aromatic rings. The number of rotatable bonds is 8. The maximum absolute atomic E-state index is 14.2. The van der Waals surface area contributed by atoms with E-state index in [1.165, 1.54) is 10.4 Å². The smallest absolute Gasteiger partial charge is 0.416 e. The first kappa shape index (κ1) is 31.1. The maximum atomic E-state index is 14.2. The fourth-order valence-corrected chi connectivity index (χ4v) is 7.21. The van der Waals surface area contributed by atoms with Gasteiger partial charge in [0.05, 0.1) is 16.5 Å². The van der Waals surface area contributed by atoms with Gasteiger partial charge in [-0.05, 0) is 81.0 Å². The van der Waals surface area contributed by atoms with Gasteiger partial charge in [-0.15, -0.1) is 0 Å². The van der Waals surface area contributed by atoms with Crippen LogP contribution < -0.4 is 4.74 Å². The van der Waals surface area contributed by atoms with Crippen molar-refractivity contribution in [2.24, 2.45) is 0 Å². The lowest BCUT2D eigenvalue weighted by Gasteiger charge is -2.36. The lowest BCUT2D eigenvalue weighted by molar-refractivity contribution is -0.157. The van der Waals surface area contributed by atoms with Gasteiger partial charge in [-0.25, -0.2) is 13.2 Å². The third kappa shape index (κ3) is 7.69. The molecule has 0 amide bonds. The molecule has 1 atom stereocenters. The van der Waals surface area contributed by atoms with Crippen LogP contribution in [-0.2, 0) is 38.7 Å². The van der Waals surface area contributed by atoms with Crippen LogP contribution >= 0.6 is 15.9 Å². The number of alkyl halides is 3. The zero-order valence-corrected chi connectivity index (χ0v) is 25.3. The highest BCUT2D eigenvalue weighted by Crippen LogP contribution is 2.42. The van der Waals surface area contributed by atoms with Crippen LogP contribution in [0.15, 0.2) is 76.1 Å². The standard InChI is InChI=1S/C30H31BrF3NO5S/c1-29(2,3)40-28(36)19-39-27-14-8-11-24-25(27)12-7-13-26(24)35(18-20-9-5-4-6-10-20)41(37,38)23-16-21(30(32,33)34)15-22(31)17-23/h4-6,8-11,14-17,26H,7,12-13,18-19H2,1-3H3. The van der Waals surface area contributed by atoms with E-state index in [0.29, 0.717) is 42.2 Å². The number of halogens is 4. The SMILES string of the molecule is CC(C)(C)OC(=O)COc1cccc2c1CCCC2N(Cc1ccccc1)S(=O)(=O)c1cc(Br)cc(C(F)(F)F)c1. The average molecular weight is 655 g/mol. The first-order valence-corrected chi connectivity index (χ1v) is 15.3. The lowest BCUT2D eigenvalue weighted by atomic mass is 9.87. The zero-order valence-electron chi connectivity index (χ0n) is 22.9. The van der Waals surface area contributed by atoms with Crippen molar-refractivity contribution < 1.29 is 35.9 Å². The molecule has 0 saturated carbocycles. The molecule has 0 saturated heterocycles. The van der Waals surface area contributed by atoms with Crippen LogP contribution in [0.3, 0.4) is 0 Å². The second-order valence-electron chi connectivity index (χ2n) is 10.8. The summed E-state index contributed by atoms with van der Waals surface area (Å²) in [4.78, 5) is 11.8. The topological polar surface area (TPSA) is 72.9 Å². The van der Waals surface area contributed by atoms with Crippen LogP contribution in [0.5, 0.6) is 5.75 Å². The van der Waals surface area contributed by atoms with Gasteiger partial charge in [0.2, 0.25) is 10.0 Å². The van der Waals surface area contributed by atoms with Gasteiger partial charge in [-0.3, -0.25) is 0 Å². The molecule has 4 rings (SSSR count). The van der Waals surface area contributed by atoms with Gasteiger partial charge in [0.1, 0.15) is 11.4 Å². The Bertz CT molecular complexity index is 1500. The molecule has 0 N–H and O–H groups in total. The van der Waals surface area contributed by atoms with E-state index in [4.69, 9.17) is 9.47 Å². The highest BCUT2D eigenvalue weighted by atomic mass is 79.9. The maximum Gasteiger partial charge on any atom is 0.416 e. The third-order valence-electron chi connectivity index (χ3n) is 6.53. The number of sulfonamides is 1. The van der Waals surface area contributed by atoms with Gasteiger partial charge >= 0.3 is 12.1 Å². The molecule has 0 bridgehead atoms. The molecule has 1 aliphatic carbocycles. The second-order valence-corrected chi connectivity index (χ2v) is 13.6. The fourth-order valence-electron chi connectivity index (χ4n) is 4.87. The number of nitrogens with zero attached hydrogens (tertiary/aromatic N) is 1. The molecule has 0 heterocycles. The molecule has 220 valence electrons. The minimum Gasteiger partial charge on any atom is -0.482 e. The Morgan fingerprint density at radius 1 is 1.02 bits per heavy atom. The Hall–Kier alpha value is -2.89. The average Bonchev–Trinajstić information content (AvgIpc) is 2.89. The Balaban J connectivity index is 1.76. The minimum absolute atomic E-state index is 0.00688. The fraction of sp³-hybridized carbons (Fsp3) is 0.367. The third-order valence-corrected chi connectivity index (χ3v) is 8.82. The van der Waals surface area contributed by atoms with Crippen LogP contribution in [-0.4, -0.2) is 30.9 Å². The number of fused-ring (bicyclic) bond motifs is 1. The first-order valence-electron chi connectivity index (χ1n) is 13.0. The summed E-state index contributed by atoms with van der Waals surface area (Å²) in [5, 5.41) is 0. The molecule has 0 fully saturated rings. The number of carbonyl (C=O) groups excluding carboxylic acids is 1. The highest BCUT2D eigenvalue weighted by molar-refractivity contribution is 9.10. The van der Waals surface area contributed by atoms with E-state index in [1.54, 1.807) is 69.3 Å². The second kappa shape index (κ2) is 12.1. The van der Waals surface area contributed by atoms with Crippen molar-refractivity contribution in [2.45, 2.75) is 69.3 Å². The molecule has 0 radical (unpaired) electrons. The van der Waals surface area contributed by atoms with Crippen molar-refractivity contribution in [3.8, 4) is 5.75 Å². The van der Waals surface area contributed by atoms with E-state index < -0.39 is 44.3 Å². The van der Waals surface area contributed by atoms with Gasteiger partial charge in [-0.2, -0.15) is 17.5 Å². The quantitative estimate of drug-likeness (QED) is 0.236. The van der Waals surface area contributed by atoms with Crippen molar-refractivity contribution in [3.63, 3.8) is 0 Å². The summed E-state index contributed by atoms with van der Waals surface area (Å²) in [7, 11) is -4.42. The number of hydrogen-bond donors (Lipinski definition) is 0. The summed E-state index contributed by atoms with van der Waals surface area (Å²) in [5.41, 5.74) is 0.389. The van der Waals surface area contributed by atoms with E-state index in [1.807, 2.05) is 0 Å². The minimum atomic E-state index is -4.73. The predicted octanol–water partition coefficient (Wildman–Crippen LogP) is 7.46. The molecular weight excluding hydrogens is 623 g/mol. The van der Waals surface area contributed by atoms with E-state index in [-0.39, 0.29) is 17.6 Å². The predicted molar refractivity (Wildman–Crippen MR) is 152 cm³/mol. The van der Waals surface area contributed by atoms with E-state index >= 15 is 0 Å². The molecule has 3 aromatic carbocycles. The van der Waals surface area contributed by atoms with Gasteiger partial charge in [0.25, 0.3) is 0 Å². The van der Waals surface area contributed by atoms with Gasteiger partial charge in [0, 0.05) is 11.0 Å². The summed E-state index contributed by atoms with van der Waals surface area (Å²) in [6.07, 6.45) is -3.08. The molecule has 0 spiro atoms. The summed E-state index contributed by atoms with van der Waals surface area (Å²) in [6.45, 7) is 4.90. The van der Waals surface area contributed by atoms with Crippen LogP contribution in [0.1, 0.15) is 61.9 Å². The van der Waals surface area contributed by atoms with Crippen molar-refractivity contribution in [3.05, 3.63) is 93.5 Å². The Morgan fingerprint density at radius 3 is 2.39 bits per heavy atom. The van der Waals surface area contributed by atoms with Crippen molar-refractivity contribution >= 4 is 31.9 Å². The monoisotopic (exact) mass is 653 g/mol. The first-order chi connectivity index (χ1) is 19.1. The molecule has 11 heteroatoms. The molecular formula is C30H31BrF3NO5S. The number of carbonyl (C=O) groups is 1. The zero-order chi connectivity index (χ0) is 30.0. The van der Waals surface area contributed by atoms with Crippen molar-refractivity contribution in [2.75, 3.05) is 6.61 Å². The molecule has 41 heavy (non-hydrogen) atoms. The summed E-state index contributed by atoms with van der Waals surface area (Å²) in [5.74, 6) is -0.0946. The van der Waals surface area contributed by atoms with Crippen LogP contribution in [0, 0.1) is 0 Å². The number of ether oxygens (including phenoxy) is 2. The molecule has 0 aliphatic heterocycles. The molecule has 0 aromatic heterocycles. The van der Waals surface area contributed by atoms with Gasteiger partial charge < -0.3 is 9.47 Å². The highest BCUT2D eigenvalue weighted by Gasteiger charge is 2.38. The van der Waals surface area contributed by atoms with Crippen LogP contribution in [0.25, 0.3) is 0 Å². The van der Waals surface area contributed by atoms with Crippen LogP contribution in [0.4, 0.5) is 13.2 Å². The van der Waals surface area contributed by atoms with E-state index in [2.05, 4.69) is 15.9 Å². The van der Waals surface area contributed by atoms with Gasteiger partial charge in [-0.1, -0.05) is 58.4 Å². The van der Waals surface area contributed by atoms with E-state index in [9.17, 15) is 26.4 Å². The molecule has 1 aliphatic rings. The normalized spacial score (nSPS) is 15.9. The van der Waals surface area contributed by atoms with Crippen molar-refractivity contribution in [1.82, 2.24) is 4.31 Å². The largest absolute Gasteiger partial charge is 0.482 e. The summed E-state index contributed by atoms with van der Waals surface area (Å²) in [6, 6.07) is 16.2. The van der Waals surface area contributed by atoms with Crippen molar-refractivity contribution in [1.29, 1.82) is 0 Å². The number of benzene rings is 3. The number of esters is 1. The Labute approximate surface area is 246 Å². The summed E-state index contributed by atoms with van der Waals surface area (Å²) >= 11 is 3.05. The lowest BCUT2D eigenvalue weighted by Crippen LogP contribution is -2.36. The van der Waals surface area contributed by atoms with E-state index in [0.717, 1.165) is 11.6 Å². The Kier molecular flexibility index (Phi) is 9.20. The van der Waals surface area contributed by atoms with Crippen LogP contribution in [0.2, 0.25) is 0 Å². The Morgan fingerprint density at radius 2 is 1.73 bits per heavy atom.